The Hall–Kier alpha value is -2.62. The lowest BCUT2D eigenvalue weighted by molar-refractivity contribution is -0.125. The van der Waals surface area contributed by atoms with E-state index >= 15 is 0 Å². The maximum Gasteiger partial charge on any atom is 0.338 e. The second-order valence-corrected chi connectivity index (χ2v) is 6.66. The molecule has 0 aromatic heterocycles. The van der Waals surface area contributed by atoms with Crippen molar-refractivity contribution in [2.24, 2.45) is 0 Å². The van der Waals surface area contributed by atoms with E-state index in [0.717, 1.165) is 30.4 Å². The van der Waals surface area contributed by atoms with Gasteiger partial charge in [0.05, 0.1) is 11.6 Å². The molecule has 0 heterocycles. The van der Waals surface area contributed by atoms with Crippen LogP contribution in [0.4, 0.5) is 0 Å². The van der Waals surface area contributed by atoms with Crippen molar-refractivity contribution in [3.63, 3.8) is 0 Å². The molecule has 1 atom stereocenters. The maximum absolute atomic E-state index is 12.2. The van der Waals surface area contributed by atoms with Crippen molar-refractivity contribution in [1.82, 2.24) is 5.32 Å². The highest BCUT2D eigenvalue weighted by atomic mass is 16.5. The van der Waals surface area contributed by atoms with Gasteiger partial charge in [-0.05, 0) is 56.4 Å². The molecule has 0 bridgehead atoms. The fourth-order valence-electron chi connectivity index (χ4n) is 3.45. The topological polar surface area (TPSA) is 55.4 Å². The lowest BCUT2D eigenvalue weighted by Gasteiger charge is -2.26. The van der Waals surface area contributed by atoms with E-state index < -0.39 is 5.97 Å². The van der Waals surface area contributed by atoms with Gasteiger partial charge in [0.1, 0.15) is 0 Å². The first-order valence-corrected chi connectivity index (χ1v) is 8.65. The summed E-state index contributed by atoms with van der Waals surface area (Å²) < 4.78 is 5.18. The van der Waals surface area contributed by atoms with Crippen molar-refractivity contribution in [3.8, 4) is 0 Å². The molecule has 0 saturated heterocycles. The molecule has 0 aliphatic heterocycles. The van der Waals surface area contributed by atoms with Crippen LogP contribution in [0.15, 0.2) is 42.5 Å². The van der Waals surface area contributed by atoms with Gasteiger partial charge in [-0.2, -0.15) is 0 Å². The Labute approximate surface area is 148 Å². The third-order valence-corrected chi connectivity index (χ3v) is 4.50. The van der Waals surface area contributed by atoms with Crippen LogP contribution in [0.5, 0.6) is 0 Å². The normalized spacial score (nSPS) is 16.0. The zero-order valence-electron chi connectivity index (χ0n) is 14.7. The Balaban J connectivity index is 1.58. The number of hydrogen-bond donors (Lipinski definition) is 1. The van der Waals surface area contributed by atoms with Crippen molar-refractivity contribution in [2.45, 2.75) is 39.2 Å². The summed E-state index contributed by atoms with van der Waals surface area (Å²) in [6, 6.07) is 13.7. The maximum atomic E-state index is 12.2. The number of nitrogens with one attached hydrogen (secondary N) is 1. The Bertz CT molecular complexity index is 777. The van der Waals surface area contributed by atoms with Crippen molar-refractivity contribution in [3.05, 3.63) is 70.3 Å². The number of rotatable bonds is 4. The largest absolute Gasteiger partial charge is 0.452 e. The number of fused-ring (bicyclic) bond motifs is 1. The van der Waals surface area contributed by atoms with Gasteiger partial charge in [-0.25, -0.2) is 4.79 Å². The zero-order chi connectivity index (χ0) is 17.8. The fraction of sp³-hybridized carbons (Fsp3) is 0.333. The Morgan fingerprint density at radius 2 is 1.84 bits per heavy atom. The van der Waals surface area contributed by atoms with Crippen molar-refractivity contribution >= 4 is 11.9 Å². The molecule has 0 radical (unpaired) electrons. The summed E-state index contributed by atoms with van der Waals surface area (Å²) in [4.78, 5) is 24.3. The molecule has 1 aliphatic carbocycles. The van der Waals surface area contributed by atoms with Crippen LogP contribution in [0, 0.1) is 13.8 Å². The number of carbonyl (C=O) groups is 2. The van der Waals surface area contributed by atoms with E-state index in [-0.39, 0.29) is 18.6 Å². The third-order valence-electron chi connectivity index (χ3n) is 4.50. The van der Waals surface area contributed by atoms with Gasteiger partial charge in [-0.3, -0.25) is 4.79 Å². The first kappa shape index (κ1) is 17.2. The van der Waals surface area contributed by atoms with E-state index in [1.54, 1.807) is 12.1 Å². The van der Waals surface area contributed by atoms with Gasteiger partial charge in [-0.15, -0.1) is 0 Å². The average Bonchev–Trinajstić information content (AvgIpc) is 2.59. The molecule has 0 unspecified atom stereocenters. The van der Waals surface area contributed by atoms with Crippen LogP contribution in [0.3, 0.4) is 0 Å². The molecule has 25 heavy (non-hydrogen) atoms. The molecular weight excluding hydrogens is 314 g/mol. The first-order valence-electron chi connectivity index (χ1n) is 8.65. The van der Waals surface area contributed by atoms with Crippen molar-refractivity contribution in [1.29, 1.82) is 0 Å². The molecule has 0 fully saturated rings. The van der Waals surface area contributed by atoms with Gasteiger partial charge in [0, 0.05) is 0 Å². The second-order valence-electron chi connectivity index (χ2n) is 6.66. The number of carbonyl (C=O) groups excluding carboxylic acids is 2. The van der Waals surface area contributed by atoms with Gasteiger partial charge in [0.2, 0.25) is 0 Å². The van der Waals surface area contributed by atoms with Crippen molar-refractivity contribution in [2.75, 3.05) is 6.61 Å². The molecule has 4 heteroatoms. The smallest absolute Gasteiger partial charge is 0.338 e. The van der Waals surface area contributed by atoms with Crippen LogP contribution in [-0.2, 0) is 16.0 Å². The number of aryl methyl sites for hydroxylation is 3. The molecule has 1 aliphatic rings. The quantitative estimate of drug-likeness (QED) is 0.867. The molecule has 4 nitrogen and oxygen atoms in total. The minimum absolute atomic E-state index is 0.00244. The summed E-state index contributed by atoms with van der Waals surface area (Å²) in [6.07, 6.45) is 3.00. The zero-order valence-corrected chi connectivity index (χ0v) is 14.7. The first-order chi connectivity index (χ1) is 12.0. The summed E-state index contributed by atoms with van der Waals surface area (Å²) in [6.45, 7) is 3.60. The van der Waals surface area contributed by atoms with E-state index in [0.29, 0.717) is 5.56 Å². The van der Waals surface area contributed by atoms with Crippen molar-refractivity contribution < 1.29 is 14.3 Å². The van der Waals surface area contributed by atoms with Gasteiger partial charge >= 0.3 is 5.97 Å². The average molecular weight is 337 g/mol. The van der Waals surface area contributed by atoms with E-state index in [1.165, 1.54) is 11.1 Å². The molecular formula is C21H23NO3. The number of amides is 1. The van der Waals surface area contributed by atoms with Crippen LogP contribution < -0.4 is 5.32 Å². The highest BCUT2D eigenvalue weighted by Crippen LogP contribution is 2.29. The number of benzene rings is 2. The van der Waals surface area contributed by atoms with Crippen LogP contribution in [0.1, 0.15) is 51.5 Å². The molecule has 0 spiro atoms. The predicted octanol–water partition coefficient (Wildman–Crippen LogP) is 3.65. The minimum Gasteiger partial charge on any atom is -0.452 e. The Morgan fingerprint density at radius 1 is 1.12 bits per heavy atom. The lowest BCUT2D eigenvalue weighted by atomic mass is 9.88. The Morgan fingerprint density at radius 3 is 2.60 bits per heavy atom. The van der Waals surface area contributed by atoms with E-state index in [9.17, 15) is 9.59 Å². The molecule has 130 valence electrons. The summed E-state index contributed by atoms with van der Waals surface area (Å²) in [5.74, 6) is -0.731. The summed E-state index contributed by atoms with van der Waals surface area (Å²) in [5, 5.41) is 2.99. The molecule has 2 aromatic carbocycles. The molecule has 1 N–H and O–H groups in total. The minimum atomic E-state index is -0.467. The lowest BCUT2D eigenvalue weighted by Crippen LogP contribution is -2.34. The van der Waals surface area contributed by atoms with Crippen LogP contribution in [0.2, 0.25) is 0 Å². The molecule has 3 rings (SSSR count). The van der Waals surface area contributed by atoms with Gasteiger partial charge in [-0.1, -0.05) is 41.5 Å². The monoisotopic (exact) mass is 337 g/mol. The third kappa shape index (κ3) is 4.27. The fourth-order valence-corrected chi connectivity index (χ4v) is 3.45. The highest BCUT2D eigenvalue weighted by Gasteiger charge is 2.22. The number of hydrogen-bond acceptors (Lipinski definition) is 3. The van der Waals surface area contributed by atoms with Gasteiger partial charge in [0.15, 0.2) is 6.61 Å². The van der Waals surface area contributed by atoms with Crippen LogP contribution in [0.25, 0.3) is 0 Å². The molecule has 0 saturated carbocycles. The number of ether oxygens (including phenoxy) is 1. The summed E-state index contributed by atoms with van der Waals surface area (Å²) >= 11 is 0. The second kappa shape index (κ2) is 7.51. The van der Waals surface area contributed by atoms with Gasteiger partial charge in [0.25, 0.3) is 5.91 Å². The van der Waals surface area contributed by atoms with E-state index in [2.05, 4.69) is 17.4 Å². The highest BCUT2D eigenvalue weighted by molar-refractivity contribution is 5.91. The summed E-state index contributed by atoms with van der Waals surface area (Å²) in [5.41, 5.74) is 4.92. The molecule has 1 amide bonds. The number of esters is 1. The predicted molar refractivity (Wildman–Crippen MR) is 96.5 cm³/mol. The van der Waals surface area contributed by atoms with Gasteiger partial charge < -0.3 is 10.1 Å². The Kier molecular flexibility index (Phi) is 5.17. The van der Waals surface area contributed by atoms with Crippen LogP contribution >= 0.6 is 0 Å². The summed E-state index contributed by atoms with van der Waals surface area (Å²) in [7, 11) is 0. The van der Waals surface area contributed by atoms with Crippen LogP contribution in [-0.4, -0.2) is 18.5 Å². The SMILES string of the molecule is Cc1cc(C)cc(C(=O)OCC(=O)N[C@@H]2CCCc3ccccc32)c1. The molecule has 2 aromatic rings. The van der Waals surface area contributed by atoms with E-state index in [1.807, 2.05) is 32.0 Å². The van der Waals surface area contributed by atoms with E-state index in [4.69, 9.17) is 4.74 Å². The standard InChI is InChI=1S/C21H23NO3/c1-14-10-15(2)12-17(11-14)21(24)25-13-20(23)22-19-9-5-7-16-6-3-4-8-18(16)19/h3-4,6,8,10-12,19H,5,7,9,13H2,1-2H3,(H,22,23)/t19-/m1/s1.